The maximum atomic E-state index is 10.5. The predicted molar refractivity (Wildman–Crippen MR) is 45.8 cm³/mol. The van der Waals surface area contributed by atoms with Gasteiger partial charge in [0.15, 0.2) is 0 Å². The number of phosphoric acid groups is 1. The fourth-order valence-electron chi connectivity index (χ4n) is 1.29. The molecule has 4 atom stereocenters. The van der Waals surface area contributed by atoms with Crippen LogP contribution in [0.15, 0.2) is 0 Å². The quantitative estimate of drug-likeness (QED) is 0.346. The Balaban J connectivity index is 2.60. The van der Waals surface area contributed by atoms with Gasteiger partial charge in [0.1, 0.15) is 24.4 Å². The van der Waals surface area contributed by atoms with Gasteiger partial charge in [-0.25, -0.2) is 4.57 Å². The highest BCUT2D eigenvalue weighted by molar-refractivity contribution is 7.46. The van der Waals surface area contributed by atoms with E-state index in [4.69, 9.17) is 19.6 Å². The Morgan fingerprint density at radius 1 is 1.33 bits per heavy atom. The van der Waals surface area contributed by atoms with Gasteiger partial charge in [-0.05, 0) is 0 Å². The Kier molecular flexibility index (Phi) is 4.21. The molecular formula is C6H13O8P. The van der Waals surface area contributed by atoms with Crippen LogP contribution in [-0.2, 0) is 13.8 Å². The van der Waals surface area contributed by atoms with Crippen molar-refractivity contribution in [1.82, 2.24) is 0 Å². The lowest BCUT2D eigenvalue weighted by Crippen LogP contribution is -2.54. The minimum Gasteiger partial charge on any atom is -0.394 e. The lowest BCUT2D eigenvalue weighted by atomic mass is 10.0. The molecule has 0 aromatic rings. The maximum Gasteiger partial charge on any atom is 0.470 e. The minimum absolute atomic E-state index is 0.311. The van der Waals surface area contributed by atoms with Crippen LogP contribution in [0.3, 0.4) is 0 Å². The molecule has 15 heavy (non-hydrogen) atoms. The molecule has 0 saturated carbocycles. The maximum absolute atomic E-state index is 10.5. The molecule has 1 rings (SSSR count). The molecule has 9 heteroatoms. The lowest BCUT2D eigenvalue weighted by molar-refractivity contribution is -0.191. The van der Waals surface area contributed by atoms with Gasteiger partial charge in [0, 0.05) is 0 Å². The van der Waals surface area contributed by atoms with Gasteiger partial charge < -0.3 is 29.8 Å². The van der Waals surface area contributed by atoms with Gasteiger partial charge in [-0.1, -0.05) is 0 Å². The summed E-state index contributed by atoms with van der Waals surface area (Å²) in [5.74, 6) is 0. The highest BCUT2D eigenvalue weighted by Gasteiger charge is 2.41. The largest absolute Gasteiger partial charge is 0.470 e. The molecule has 5 N–H and O–H groups in total. The van der Waals surface area contributed by atoms with Gasteiger partial charge in [-0.15, -0.1) is 0 Å². The minimum atomic E-state index is -4.74. The average molecular weight is 244 g/mol. The number of phosphoric ester groups is 1. The van der Waals surface area contributed by atoms with E-state index in [1.807, 2.05) is 0 Å². The first kappa shape index (κ1) is 13.0. The van der Waals surface area contributed by atoms with Crippen molar-refractivity contribution in [3.05, 3.63) is 0 Å². The standard InChI is InChI=1S/C6H13O8P/c7-1-3-5(8)6(9)4(2-13-3)14-15(10,11)12/h3-9H,1-2H2,(H2,10,11,12)/t3-,4+,5+,6-/m1/s1. The third-order valence-corrected chi connectivity index (χ3v) is 2.58. The van der Waals surface area contributed by atoms with E-state index >= 15 is 0 Å². The van der Waals surface area contributed by atoms with E-state index < -0.39 is 38.8 Å². The number of aliphatic hydroxyl groups is 3. The Labute approximate surface area is 85.3 Å². The Bertz CT molecular complexity index is 252. The zero-order valence-corrected chi connectivity index (χ0v) is 8.53. The highest BCUT2D eigenvalue weighted by atomic mass is 31.2. The summed E-state index contributed by atoms with van der Waals surface area (Å²) in [4.78, 5) is 17.0. The molecule has 0 aliphatic carbocycles. The van der Waals surface area contributed by atoms with Gasteiger partial charge in [0.05, 0.1) is 13.2 Å². The first-order valence-corrected chi connectivity index (χ1v) is 5.70. The monoisotopic (exact) mass is 244 g/mol. The lowest BCUT2D eigenvalue weighted by Gasteiger charge is -2.36. The normalized spacial score (nSPS) is 37.9. The highest BCUT2D eigenvalue weighted by Crippen LogP contribution is 2.39. The van der Waals surface area contributed by atoms with Crippen molar-refractivity contribution in [3.8, 4) is 0 Å². The van der Waals surface area contributed by atoms with E-state index in [9.17, 15) is 14.8 Å². The van der Waals surface area contributed by atoms with E-state index in [-0.39, 0.29) is 6.61 Å². The smallest absolute Gasteiger partial charge is 0.394 e. The molecule has 0 aromatic carbocycles. The van der Waals surface area contributed by atoms with Gasteiger partial charge in [0.25, 0.3) is 0 Å². The number of hydrogen-bond donors (Lipinski definition) is 5. The van der Waals surface area contributed by atoms with E-state index in [2.05, 4.69) is 4.52 Å². The van der Waals surface area contributed by atoms with Crippen molar-refractivity contribution < 1.29 is 38.9 Å². The summed E-state index contributed by atoms with van der Waals surface area (Å²) in [5, 5.41) is 27.4. The van der Waals surface area contributed by atoms with Crippen molar-refractivity contribution >= 4 is 7.82 Å². The summed E-state index contributed by atoms with van der Waals surface area (Å²) in [6.45, 7) is -0.810. The molecule has 0 aromatic heterocycles. The summed E-state index contributed by atoms with van der Waals surface area (Å²) < 4.78 is 19.5. The molecule has 0 spiro atoms. The topological polar surface area (TPSA) is 137 Å². The fraction of sp³-hybridized carbons (Fsp3) is 1.00. The zero-order chi connectivity index (χ0) is 11.6. The molecule has 8 nitrogen and oxygen atoms in total. The van der Waals surface area contributed by atoms with Crippen LogP contribution >= 0.6 is 7.82 Å². The second-order valence-corrected chi connectivity index (χ2v) is 4.36. The number of hydrogen-bond acceptors (Lipinski definition) is 6. The van der Waals surface area contributed by atoms with Gasteiger partial charge >= 0.3 is 7.82 Å². The van der Waals surface area contributed by atoms with E-state index in [1.54, 1.807) is 0 Å². The summed E-state index contributed by atoms with van der Waals surface area (Å²) in [6.07, 6.45) is -5.25. The van der Waals surface area contributed by atoms with E-state index in [0.717, 1.165) is 0 Å². The Hall–Kier alpha value is -0.0500. The average Bonchev–Trinajstić information content (AvgIpc) is 2.11. The van der Waals surface area contributed by atoms with Crippen molar-refractivity contribution in [2.75, 3.05) is 13.2 Å². The second kappa shape index (κ2) is 4.86. The fourth-order valence-corrected chi connectivity index (χ4v) is 1.82. The first-order chi connectivity index (χ1) is 6.85. The van der Waals surface area contributed by atoms with E-state index in [0.29, 0.717) is 0 Å². The second-order valence-electron chi connectivity index (χ2n) is 3.17. The summed E-state index contributed by atoms with van der Waals surface area (Å²) >= 11 is 0. The van der Waals surface area contributed by atoms with Crippen LogP contribution in [-0.4, -0.2) is 62.7 Å². The van der Waals surface area contributed by atoms with Gasteiger partial charge in [-0.2, -0.15) is 0 Å². The van der Waals surface area contributed by atoms with Crippen LogP contribution in [0.2, 0.25) is 0 Å². The third kappa shape index (κ3) is 3.47. The van der Waals surface area contributed by atoms with Crippen LogP contribution in [0.5, 0.6) is 0 Å². The molecule has 1 heterocycles. The summed E-state index contributed by atoms with van der Waals surface area (Å²) in [5.41, 5.74) is 0. The van der Waals surface area contributed by atoms with Crippen molar-refractivity contribution in [2.24, 2.45) is 0 Å². The molecule has 90 valence electrons. The van der Waals surface area contributed by atoms with Crippen LogP contribution in [0.4, 0.5) is 0 Å². The SMILES string of the molecule is O=P(O)(O)O[C@H]1CO[C@H](CO)[C@H](O)[C@@H]1O. The molecule has 0 unspecified atom stereocenters. The van der Waals surface area contributed by atoms with Crippen molar-refractivity contribution in [3.63, 3.8) is 0 Å². The molecule has 1 fully saturated rings. The Morgan fingerprint density at radius 2 is 1.93 bits per heavy atom. The molecule has 1 aliphatic heterocycles. The van der Waals surface area contributed by atoms with Crippen molar-refractivity contribution in [2.45, 2.75) is 24.4 Å². The zero-order valence-electron chi connectivity index (χ0n) is 7.63. The summed E-state index contributed by atoms with van der Waals surface area (Å²) in [6, 6.07) is 0. The number of rotatable bonds is 3. The van der Waals surface area contributed by atoms with Crippen LogP contribution in [0, 0.1) is 0 Å². The number of ether oxygens (including phenoxy) is 1. The van der Waals surface area contributed by atoms with E-state index in [1.165, 1.54) is 0 Å². The molecular weight excluding hydrogens is 231 g/mol. The van der Waals surface area contributed by atoms with Gasteiger partial charge in [0.2, 0.25) is 0 Å². The van der Waals surface area contributed by atoms with Crippen molar-refractivity contribution in [1.29, 1.82) is 0 Å². The predicted octanol–water partition coefficient (Wildman–Crippen LogP) is -2.42. The number of aliphatic hydroxyl groups excluding tert-OH is 3. The molecule has 0 amide bonds. The van der Waals surface area contributed by atoms with Crippen LogP contribution in [0.25, 0.3) is 0 Å². The molecule has 1 saturated heterocycles. The summed E-state index contributed by atoms with van der Waals surface area (Å²) in [7, 11) is -4.74. The molecule has 0 bridgehead atoms. The third-order valence-electron chi connectivity index (χ3n) is 2.04. The first-order valence-electron chi connectivity index (χ1n) is 4.17. The van der Waals surface area contributed by atoms with Crippen LogP contribution in [0.1, 0.15) is 0 Å². The van der Waals surface area contributed by atoms with Gasteiger partial charge in [-0.3, -0.25) is 4.52 Å². The molecule has 1 aliphatic rings. The Morgan fingerprint density at radius 3 is 2.40 bits per heavy atom. The molecule has 0 radical (unpaired) electrons. The van der Waals surface area contributed by atoms with Crippen LogP contribution < -0.4 is 0 Å².